The normalized spacial score (nSPS) is 20.9. The second-order valence-electron chi connectivity index (χ2n) is 4.54. The van der Waals surface area contributed by atoms with Gasteiger partial charge in [0.1, 0.15) is 5.82 Å². The highest BCUT2D eigenvalue weighted by molar-refractivity contribution is 9.10. The molecule has 1 unspecified atom stereocenters. The summed E-state index contributed by atoms with van der Waals surface area (Å²) in [7, 11) is 4.14. The van der Waals surface area contributed by atoms with Gasteiger partial charge in [0.2, 0.25) is 0 Å². The maximum absolute atomic E-state index is 5.74. The van der Waals surface area contributed by atoms with Crippen LogP contribution in [0.4, 0.5) is 5.82 Å². The fourth-order valence-electron chi connectivity index (χ4n) is 2.00. The zero-order valence-electron chi connectivity index (χ0n) is 10.3. The molecular formula is C12H18BrN3O. The Labute approximate surface area is 111 Å². The molecule has 1 atom stereocenters. The number of likely N-dealkylation sites (N-methyl/N-ethyl adjacent to an activating group) is 1. The van der Waals surface area contributed by atoms with Crippen molar-refractivity contribution >= 4 is 21.7 Å². The van der Waals surface area contributed by atoms with Crippen LogP contribution in [0, 0.1) is 0 Å². The first kappa shape index (κ1) is 12.8. The van der Waals surface area contributed by atoms with Crippen molar-refractivity contribution < 1.29 is 4.74 Å². The topological polar surface area (TPSA) is 28.6 Å². The van der Waals surface area contributed by atoms with Gasteiger partial charge in [-0.25, -0.2) is 4.98 Å². The molecule has 0 saturated carbocycles. The summed E-state index contributed by atoms with van der Waals surface area (Å²) in [6, 6.07) is 4.07. The molecule has 4 nitrogen and oxygen atoms in total. The molecule has 2 heterocycles. The largest absolute Gasteiger partial charge is 0.373 e. The Bertz CT molecular complexity index is 355. The van der Waals surface area contributed by atoms with Crippen LogP contribution in [0.5, 0.6) is 0 Å². The molecule has 1 aromatic heterocycles. The van der Waals surface area contributed by atoms with Gasteiger partial charge in [0.15, 0.2) is 0 Å². The fourth-order valence-corrected chi connectivity index (χ4v) is 2.23. The molecule has 94 valence electrons. The predicted molar refractivity (Wildman–Crippen MR) is 72.4 cm³/mol. The quantitative estimate of drug-likeness (QED) is 0.848. The van der Waals surface area contributed by atoms with Gasteiger partial charge in [-0.2, -0.15) is 0 Å². The van der Waals surface area contributed by atoms with E-state index in [1.807, 2.05) is 18.3 Å². The molecule has 0 radical (unpaired) electrons. The van der Waals surface area contributed by atoms with E-state index in [0.29, 0.717) is 0 Å². The van der Waals surface area contributed by atoms with Crippen molar-refractivity contribution in [3.63, 3.8) is 0 Å². The molecule has 2 rings (SSSR count). The summed E-state index contributed by atoms with van der Waals surface area (Å²) in [5, 5.41) is 0. The number of hydrogen-bond acceptors (Lipinski definition) is 4. The lowest BCUT2D eigenvalue weighted by molar-refractivity contribution is 0.0245. The van der Waals surface area contributed by atoms with Crippen LogP contribution >= 0.6 is 15.9 Å². The highest BCUT2D eigenvalue weighted by Crippen LogP contribution is 2.17. The second kappa shape index (κ2) is 5.80. The maximum atomic E-state index is 5.74. The minimum atomic E-state index is 0.268. The number of morpholine rings is 1. The van der Waals surface area contributed by atoms with E-state index in [1.54, 1.807) is 0 Å². The van der Waals surface area contributed by atoms with Crippen LogP contribution in [0.25, 0.3) is 0 Å². The third-order valence-corrected chi connectivity index (χ3v) is 3.21. The van der Waals surface area contributed by atoms with Crippen LogP contribution < -0.4 is 4.90 Å². The summed E-state index contributed by atoms with van der Waals surface area (Å²) >= 11 is 3.40. The van der Waals surface area contributed by atoms with Crippen molar-refractivity contribution in [3.05, 3.63) is 22.8 Å². The average Bonchev–Trinajstić information content (AvgIpc) is 2.29. The molecule has 0 bridgehead atoms. The summed E-state index contributed by atoms with van der Waals surface area (Å²) in [4.78, 5) is 8.86. The van der Waals surface area contributed by atoms with Crippen molar-refractivity contribution in [3.8, 4) is 0 Å². The Balaban J connectivity index is 1.99. The van der Waals surface area contributed by atoms with Crippen LogP contribution in [0.15, 0.2) is 22.8 Å². The standard InChI is InChI=1S/C12H18BrN3O/c1-15(2)8-11-9-16(5-6-17-11)12-4-3-10(13)7-14-12/h3-4,7,11H,5-6,8-9H2,1-2H3. The average molecular weight is 300 g/mol. The van der Waals surface area contributed by atoms with Gasteiger partial charge in [-0.3, -0.25) is 0 Å². The van der Waals surface area contributed by atoms with Gasteiger partial charge in [0.05, 0.1) is 12.7 Å². The molecule has 0 aromatic carbocycles. The van der Waals surface area contributed by atoms with E-state index in [4.69, 9.17) is 4.74 Å². The highest BCUT2D eigenvalue weighted by atomic mass is 79.9. The number of hydrogen-bond donors (Lipinski definition) is 0. The van der Waals surface area contributed by atoms with Crippen LogP contribution in [-0.2, 0) is 4.74 Å². The van der Waals surface area contributed by atoms with E-state index in [0.717, 1.165) is 36.5 Å². The molecule has 0 amide bonds. The van der Waals surface area contributed by atoms with Gasteiger partial charge in [0, 0.05) is 30.3 Å². The second-order valence-corrected chi connectivity index (χ2v) is 5.45. The van der Waals surface area contributed by atoms with E-state index in [9.17, 15) is 0 Å². The van der Waals surface area contributed by atoms with Crippen LogP contribution in [0.1, 0.15) is 0 Å². The number of rotatable bonds is 3. The van der Waals surface area contributed by atoms with Crippen molar-refractivity contribution in [1.29, 1.82) is 0 Å². The number of ether oxygens (including phenoxy) is 1. The Morgan fingerprint density at radius 3 is 3.00 bits per heavy atom. The number of anilines is 1. The van der Waals surface area contributed by atoms with Gasteiger partial charge >= 0.3 is 0 Å². The zero-order valence-corrected chi connectivity index (χ0v) is 11.9. The van der Waals surface area contributed by atoms with E-state index < -0.39 is 0 Å². The first-order valence-electron chi connectivity index (χ1n) is 5.78. The third-order valence-electron chi connectivity index (χ3n) is 2.74. The van der Waals surface area contributed by atoms with Gasteiger partial charge in [0.25, 0.3) is 0 Å². The Morgan fingerprint density at radius 1 is 1.53 bits per heavy atom. The summed E-state index contributed by atoms with van der Waals surface area (Å²) in [6.45, 7) is 3.55. The molecule has 17 heavy (non-hydrogen) atoms. The van der Waals surface area contributed by atoms with Gasteiger partial charge in [-0.15, -0.1) is 0 Å². The fraction of sp³-hybridized carbons (Fsp3) is 0.583. The molecule has 0 N–H and O–H groups in total. The number of halogens is 1. The number of nitrogens with zero attached hydrogens (tertiary/aromatic N) is 3. The molecule has 1 aromatic rings. The minimum Gasteiger partial charge on any atom is -0.373 e. The summed E-state index contributed by atoms with van der Waals surface area (Å²) in [6.07, 6.45) is 2.11. The lowest BCUT2D eigenvalue weighted by Gasteiger charge is -2.34. The summed E-state index contributed by atoms with van der Waals surface area (Å²) in [5.41, 5.74) is 0. The number of pyridine rings is 1. The van der Waals surface area contributed by atoms with E-state index in [1.165, 1.54) is 0 Å². The molecule has 1 aliphatic rings. The van der Waals surface area contributed by atoms with Gasteiger partial charge < -0.3 is 14.5 Å². The van der Waals surface area contributed by atoms with Crippen molar-refractivity contribution in [2.24, 2.45) is 0 Å². The van der Waals surface area contributed by atoms with Crippen molar-refractivity contribution in [1.82, 2.24) is 9.88 Å². The Kier molecular flexibility index (Phi) is 4.36. The van der Waals surface area contributed by atoms with E-state index in [2.05, 4.69) is 44.8 Å². The molecular weight excluding hydrogens is 282 g/mol. The summed E-state index contributed by atoms with van der Waals surface area (Å²) in [5.74, 6) is 1.03. The minimum absolute atomic E-state index is 0.268. The van der Waals surface area contributed by atoms with Crippen LogP contribution in [0.3, 0.4) is 0 Å². The smallest absolute Gasteiger partial charge is 0.128 e. The predicted octanol–water partition coefficient (Wildman–Crippen LogP) is 1.61. The maximum Gasteiger partial charge on any atom is 0.128 e. The molecule has 1 saturated heterocycles. The van der Waals surface area contributed by atoms with Gasteiger partial charge in [-0.05, 0) is 42.2 Å². The Hall–Kier alpha value is -0.650. The van der Waals surface area contributed by atoms with E-state index in [-0.39, 0.29) is 6.10 Å². The first-order chi connectivity index (χ1) is 8.15. The lowest BCUT2D eigenvalue weighted by atomic mass is 10.2. The van der Waals surface area contributed by atoms with E-state index >= 15 is 0 Å². The highest BCUT2D eigenvalue weighted by Gasteiger charge is 2.21. The molecule has 0 aliphatic carbocycles. The van der Waals surface area contributed by atoms with Crippen molar-refractivity contribution in [2.75, 3.05) is 45.2 Å². The lowest BCUT2D eigenvalue weighted by Crippen LogP contribution is -2.46. The SMILES string of the molecule is CN(C)CC1CN(c2ccc(Br)cn2)CCO1. The summed E-state index contributed by atoms with van der Waals surface area (Å²) < 4.78 is 6.76. The first-order valence-corrected chi connectivity index (χ1v) is 6.57. The molecule has 5 heteroatoms. The molecule has 1 aliphatic heterocycles. The third kappa shape index (κ3) is 3.66. The van der Waals surface area contributed by atoms with Crippen LogP contribution in [-0.4, -0.2) is 56.3 Å². The Morgan fingerprint density at radius 2 is 2.35 bits per heavy atom. The monoisotopic (exact) mass is 299 g/mol. The van der Waals surface area contributed by atoms with Crippen LogP contribution in [0.2, 0.25) is 0 Å². The molecule has 1 fully saturated rings. The van der Waals surface area contributed by atoms with Crippen molar-refractivity contribution in [2.45, 2.75) is 6.10 Å². The molecule has 0 spiro atoms. The number of aromatic nitrogens is 1. The van der Waals surface area contributed by atoms with Gasteiger partial charge in [-0.1, -0.05) is 0 Å². The zero-order chi connectivity index (χ0) is 12.3.